The first-order chi connectivity index (χ1) is 10.7. The van der Waals surface area contributed by atoms with Crippen LogP contribution in [0.3, 0.4) is 0 Å². The average molecular weight is 323 g/mol. The topological polar surface area (TPSA) is 54.4 Å². The fraction of sp³-hybridized carbons (Fsp3) is 0.500. The number of rotatable bonds is 4. The Hall–Kier alpha value is -1.80. The molecule has 1 unspecified atom stereocenters. The molecule has 2 aromatic rings. The van der Waals surface area contributed by atoms with Gasteiger partial charge in [0.15, 0.2) is 17.5 Å². The molecule has 1 aliphatic heterocycles. The summed E-state index contributed by atoms with van der Waals surface area (Å²) in [7, 11) is 1.64. The lowest BCUT2D eigenvalue weighted by atomic mass is 10.3. The van der Waals surface area contributed by atoms with E-state index in [0.717, 1.165) is 18.2 Å². The molecule has 0 radical (unpaired) electrons. The molecule has 1 atom stereocenters. The maximum absolute atomic E-state index is 13.8. The van der Waals surface area contributed by atoms with E-state index in [4.69, 9.17) is 4.74 Å². The van der Waals surface area contributed by atoms with Crippen LogP contribution in [0.15, 0.2) is 18.3 Å². The zero-order valence-corrected chi connectivity index (χ0v) is 13.4. The van der Waals surface area contributed by atoms with Crippen LogP contribution < -0.4 is 9.80 Å². The van der Waals surface area contributed by atoms with Gasteiger partial charge in [-0.25, -0.2) is 14.4 Å². The Kier molecular flexibility index (Phi) is 4.49. The first-order valence-electron chi connectivity index (χ1n) is 7.16. The van der Waals surface area contributed by atoms with Crippen molar-refractivity contribution in [3.8, 4) is 0 Å². The quantitative estimate of drug-likeness (QED) is 0.859. The molecule has 0 N–H and O–H groups in total. The third-order valence-corrected chi connectivity index (χ3v) is 4.53. The fourth-order valence-electron chi connectivity index (χ4n) is 2.34. The van der Waals surface area contributed by atoms with Crippen molar-refractivity contribution in [1.29, 1.82) is 0 Å². The number of piperazine rings is 1. The summed E-state index contributed by atoms with van der Waals surface area (Å²) in [6, 6.07) is 3.05. The Morgan fingerprint density at radius 2 is 2.00 bits per heavy atom. The van der Waals surface area contributed by atoms with Gasteiger partial charge in [0.05, 0.1) is 0 Å². The first kappa shape index (κ1) is 15.1. The maximum atomic E-state index is 13.8. The highest BCUT2D eigenvalue weighted by atomic mass is 32.1. The summed E-state index contributed by atoms with van der Waals surface area (Å²) in [6.45, 7) is 4.89. The van der Waals surface area contributed by atoms with Crippen LogP contribution in [0.5, 0.6) is 0 Å². The van der Waals surface area contributed by atoms with Gasteiger partial charge in [0.25, 0.3) is 0 Å². The number of aromatic nitrogens is 3. The van der Waals surface area contributed by atoms with E-state index in [9.17, 15) is 4.39 Å². The van der Waals surface area contributed by atoms with Gasteiger partial charge in [-0.15, -0.1) is 0 Å². The normalized spacial score (nSPS) is 16.9. The molecule has 0 saturated carbocycles. The van der Waals surface area contributed by atoms with Crippen LogP contribution in [-0.4, -0.2) is 47.6 Å². The molecular weight excluding hydrogens is 305 g/mol. The third kappa shape index (κ3) is 3.02. The summed E-state index contributed by atoms with van der Waals surface area (Å²) in [4.78, 5) is 12.8. The Morgan fingerprint density at radius 1 is 1.27 bits per heavy atom. The molecule has 118 valence electrons. The van der Waals surface area contributed by atoms with E-state index >= 15 is 0 Å². The number of hydrogen-bond acceptors (Lipinski definition) is 7. The highest BCUT2D eigenvalue weighted by Gasteiger charge is 2.23. The van der Waals surface area contributed by atoms with Crippen molar-refractivity contribution in [2.45, 2.75) is 13.0 Å². The smallest absolute Gasteiger partial charge is 0.205 e. The summed E-state index contributed by atoms with van der Waals surface area (Å²) >= 11 is 1.38. The van der Waals surface area contributed by atoms with Gasteiger partial charge in [-0.05, 0) is 19.1 Å². The number of methoxy groups -OCH3 is 1. The van der Waals surface area contributed by atoms with Gasteiger partial charge < -0.3 is 14.5 Å². The SMILES string of the molecule is COC(C)c1nsc(N2CCN(c3ncccc3F)CC2)n1. The van der Waals surface area contributed by atoms with Crippen molar-refractivity contribution < 1.29 is 9.13 Å². The maximum Gasteiger partial charge on any atom is 0.205 e. The standard InChI is InChI=1S/C14H18FN5OS/c1-10(21-2)12-17-14(22-18-12)20-8-6-19(7-9-20)13-11(15)4-3-5-16-13/h3-5,10H,6-9H2,1-2H3. The molecule has 0 bridgehead atoms. The monoisotopic (exact) mass is 323 g/mol. The van der Waals surface area contributed by atoms with Crippen LogP contribution >= 0.6 is 11.5 Å². The Balaban J connectivity index is 1.64. The molecule has 0 spiro atoms. The predicted octanol–water partition coefficient (Wildman–Crippen LogP) is 2.11. The second kappa shape index (κ2) is 6.53. The number of pyridine rings is 1. The van der Waals surface area contributed by atoms with E-state index in [1.165, 1.54) is 17.6 Å². The first-order valence-corrected chi connectivity index (χ1v) is 7.93. The third-order valence-electron chi connectivity index (χ3n) is 3.74. The Bertz CT molecular complexity index is 629. The van der Waals surface area contributed by atoms with E-state index in [2.05, 4.69) is 19.2 Å². The second-order valence-corrected chi connectivity index (χ2v) is 5.83. The fourth-order valence-corrected chi connectivity index (χ4v) is 3.14. The van der Waals surface area contributed by atoms with Gasteiger partial charge in [-0.2, -0.15) is 4.37 Å². The minimum absolute atomic E-state index is 0.103. The molecule has 8 heteroatoms. The average Bonchev–Trinajstić information content (AvgIpc) is 3.05. The highest BCUT2D eigenvalue weighted by molar-refractivity contribution is 7.09. The van der Waals surface area contributed by atoms with Gasteiger partial charge >= 0.3 is 0 Å². The van der Waals surface area contributed by atoms with Gasteiger partial charge in [0, 0.05) is 51.0 Å². The van der Waals surface area contributed by atoms with Crippen LogP contribution in [0, 0.1) is 5.82 Å². The van der Waals surface area contributed by atoms with Crippen molar-refractivity contribution in [1.82, 2.24) is 14.3 Å². The second-order valence-electron chi connectivity index (χ2n) is 5.10. The predicted molar refractivity (Wildman–Crippen MR) is 84.0 cm³/mol. The van der Waals surface area contributed by atoms with Gasteiger partial charge in [0.2, 0.25) is 5.13 Å². The van der Waals surface area contributed by atoms with Crippen LogP contribution in [0.25, 0.3) is 0 Å². The number of halogens is 1. The van der Waals surface area contributed by atoms with Crippen LogP contribution in [0.4, 0.5) is 15.3 Å². The molecule has 22 heavy (non-hydrogen) atoms. The van der Waals surface area contributed by atoms with Gasteiger partial charge in [-0.1, -0.05) is 0 Å². The Labute approximate surface area is 132 Å². The van der Waals surface area contributed by atoms with E-state index in [1.54, 1.807) is 19.4 Å². The minimum Gasteiger partial charge on any atom is -0.374 e. The van der Waals surface area contributed by atoms with Crippen molar-refractivity contribution in [3.05, 3.63) is 30.0 Å². The summed E-state index contributed by atoms with van der Waals surface area (Å²) in [6.07, 6.45) is 1.52. The minimum atomic E-state index is -0.275. The molecule has 1 aliphatic rings. The molecule has 3 rings (SSSR count). The zero-order valence-electron chi connectivity index (χ0n) is 12.6. The van der Waals surface area contributed by atoms with E-state index in [0.29, 0.717) is 24.7 Å². The summed E-state index contributed by atoms with van der Waals surface area (Å²) in [5, 5.41) is 0.889. The highest BCUT2D eigenvalue weighted by Crippen LogP contribution is 2.24. The number of ether oxygens (including phenoxy) is 1. The largest absolute Gasteiger partial charge is 0.374 e. The van der Waals surface area contributed by atoms with Gasteiger partial charge in [0.1, 0.15) is 6.10 Å². The summed E-state index contributed by atoms with van der Waals surface area (Å²) in [5.41, 5.74) is 0. The van der Waals surface area contributed by atoms with Crippen molar-refractivity contribution >= 4 is 22.5 Å². The Morgan fingerprint density at radius 3 is 2.68 bits per heavy atom. The molecule has 0 aromatic carbocycles. The molecule has 6 nitrogen and oxygen atoms in total. The van der Waals surface area contributed by atoms with E-state index in [1.807, 2.05) is 11.8 Å². The molecule has 0 amide bonds. The lowest BCUT2D eigenvalue weighted by Crippen LogP contribution is -2.47. The summed E-state index contributed by atoms with van der Waals surface area (Å²) in [5.74, 6) is 0.858. The molecule has 1 fully saturated rings. The van der Waals surface area contributed by atoms with E-state index in [-0.39, 0.29) is 11.9 Å². The lowest BCUT2D eigenvalue weighted by Gasteiger charge is -2.35. The molecule has 2 aromatic heterocycles. The zero-order chi connectivity index (χ0) is 15.5. The molecule has 1 saturated heterocycles. The number of nitrogens with zero attached hydrogens (tertiary/aromatic N) is 5. The molecule has 3 heterocycles. The van der Waals surface area contributed by atoms with Gasteiger partial charge in [-0.3, -0.25) is 0 Å². The van der Waals surface area contributed by atoms with Crippen LogP contribution in [0.1, 0.15) is 18.9 Å². The molecule has 0 aliphatic carbocycles. The van der Waals surface area contributed by atoms with Crippen LogP contribution in [-0.2, 0) is 4.74 Å². The summed E-state index contributed by atoms with van der Waals surface area (Å²) < 4.78 is 23.3. The van der Waals surface area contributed by atoms with Crippen molar-refractivity contribution in [3.63, 3.8) is 0 Å². The number of anilines is 2. The number of hydrogen-bond donors (Lipinski definition) is 0. The molecular formula is C14H18FN5OS. The lowest BCUT2D eigenvalue weighted by molar-refractivity contribution is 0.113. The van der Waals surface area contributed by atoms with Crippen molar-refractivity contribution in [2.24, 2.45) is 0 Å². The van der Waals surface area contributed by atoms with E-state index < -0.39 is 0 Å². The van der Waals surface area contributed by atoms with Crippen molar-refractivity contribution in [2.75, 3.05) is 43.1 Å². The van der Waals surface area contributed by atoms with Crippen LogP contribution in [0.2, 0.25) is 0 Å².